The first-order valence-electron chi connectivity index (χ1n) is 11.5. The largest absolute Gasteiger partial charge is 0.394 e. The summed E-state index contributed by atoms with van der Waals surface area (Å²) in [6, 6.07) is 7.94. The predicted molar refractivity (Wildman–Crippen MR) is 136 cm³/mol. The zero-order valence-corrected chi connectivity index (χ0v) is 21.7. The summed E-state index contributed by atoms with van der Waals surface area (Å²) in [7, 11) is 1.88. The summed E-state index contributed by atoms with van der Waals surface area (Å²) in [4.78, 5) is 13.0. The number of para-hydroxylation sites is 1. The van der Waals surface area contributed by atoms with E-state index in [2.05, 4.69) is 11.9 Å². The van der Waals surface area contributed by atoms with Crippen LogP contribution in [0, 0.1) is 0 Å². The summed E-state index contributed by atoms with van der Waals surface area (Å²) in [5.74, 6) is 0.397. The maximum atomic E-state index is 10.6. The average molecular weight is 541 g/mol. The number of hydrogen-bond acceptors (Lipinski definition) is 12. The van der Waals surface area contributed by atoms with Gasteiger partial charge in [-0.05, 0) is 32.0 Å². The molecule has 1 saturated heterocycles. The van der Waals surface area contributed by atoms with Crippen molar-refractivity contribution < 1.29 is 20.1 Å². The van der Waals surface area contributed by atoms with E-state index in [1.165, 1.54) is 11.9 Å². The Labute approximate surface area is 216 Å². The molecule has 5 N–H and O–H groups in total. The number of aliphatic hydroxyl groups is 3. The smallest absolute Gasteiger partial charge is 0.184 e. The van der Waals surface area contributed by atoms with Crippen molar-refractivity contribution in [3.05, 3.63) is 35.8 Å². The van der Waals surface area contributed by atoms with Crippen molar-refractivity contribution in [2.24, 2.45) is 10.7 Å². The Morgan fingerprint density at radius 3 is 2.74 bits per heavy atom. The lowest BCUT2D eigenvalue weighted by atomic mass is 10.1. The monoisotopic (exact) mass is 540 g/mol. The molecule has 3 aliphatic rings. The highest BCUT2D eigenvalue weighted by molar-refractivity contribution is 7.99. The number of hydrogen-bond donors (Lipinski definition) is 4. The van der Waals surface area contributed by atoms with Gasteiger partial charge in [0, 0.05) is 11.9 Å². The van der Waals surface area contributed by atoms with Crippen molar-refractivity contribution in [3.8, 4) is 0 Å². The zero-order chi connectivity index (χ0) is 24.9. The average Bonchev–Trinajstić information content (AvgIpc) is 3.55. The van der Waals surface area contributed by atoms with Crippen LogP contribution in [0.4, 0.5) is 0 Å². The molecule has 1 aromatic carbocycles. The molecule has 0 spiro atoms. The Bertz CT molecular complexity index is 1120. The van der Waals surface area contributed by atoms with Crippen LogP contribution in [0.3, 0.4) is 0 Å². The molecule has 2 aromatic rings. The van der Waals surface area contributed by atoms with Crippen molar-refractivity contribution in [1.29, 1.82) is 0 Å². The van der Waals surface area contributed by atoms with Crippen LogP contribution in [0.1, 0.15) is 26.2 Å². The van der Waals surface area contributed by atoms with Crippen LogP contribution in [-0.4, -0.2) is 90.2 Å². The number of benzene rings is 1. The lowest BCUT2D eigenvalue weighted by molar-refractivity contribution is -0.108. The number of nitrogens with two attached hydrogens (primary N) is 1. The van der Waals surface area contributed by atoms with E-state index in [0.717, 1.165) is 27.4 Å². The number of aliphatic imine (C=N–C) groups is 1. The van der Waals surface area contributed by atoms with Gasteiger partial charge < -0.3 is 30.7 Å². The summed E-state index contributed by atoms with van der Waals surface area (Å²) in [6.45, 7) is 1.69. The zero-order valence-electron chi connectivity index (χ0n) is 19.4. The minimum atomic E-state index is -1.23. The fourth-order valence-electron chi connectivity index (χ4n) is 4.70. The Morgan fingerprint density at radius 2 is 2.06 bits per heavy atom. The van der Waals surface area contributed by atoms with Crippen LogP contribution in [-0.2, 0) is 4.74 Å². The van der Waals surface area contributed by atoms with Crippen molar-refractivity contribution in [2.75, 3.05) is 13.7 Å². The second-order valence-electron chi connectivity index (χ2n) is 8.83. The van der Waals surface area contributed by atoms with Crippen LogP contribution >= 0.6 is 34.9 Å². The number of unbranched alkanes of at least 4 members (excludes halogenated alkanes) is 1. The topological polar surface area (TPSA) is 131 Å². The lowest BCUT2D eigenvalue weighted by Gasteiger charge is -2.52. The first-order valence-corrected chi connectivity index (χ1v) is 13.5. The molecule has 5 rings (SSSR count). The molecule has 4 heterocycles. The molecule has 0 saturated carbocycles. The third-order valence-corrected chi connectivity index (χ3v) is 9.62. The first kappa shape index (κ1) is 25.0. The molecule has 1 fully saturated rings. The molecule has 0 radical (unpaired) electrons. The Kier molecular flexibility index (Phi) is 6.92. The quantitative estimate of drug-likeness (QED) is 0.234. The maximum absolute atomic E-state index is 10.6. The highest BCUT2D eigenvalue weighted by Gasteiger charge is 2.56. The SMILES string of the molecule is CCCCC1(Cl)N(Sc2nc3ccccc3s2)C(N)=C2N=CN([C@@H]3O[C@H](CO)[C@@H](O)[C@H]3O)C2N1C. The van der Waals surface area contributed by atoms with Gasteiger partial charge in [0.05, 0.1) is 23.2 Å². The molecule has 190 valence electrons. The highest BCUT2D eigenvalue weighted by atomic mass is 35.5. The summed E-state index contributed by atoms with van der Waals surface area (Å²) < 4.78 is 9.54. The molecular formula is C22H29ClN6O4S2. The van der Waals surface area contributed by atoms with E-state index in [0.29, 0.717) is 17.9 Å². The van der Waals surface area contributed by atoms with Gasteiger partial charge in [-0.15, -0.1) is 11.3 Å². The van der Waals surface area contributed by atoms with Gasteiger partial charge in [-0.25, -0.2) is 14.9 Å². The van der Waals surface area contributed by atoms with Gasteiger partial charge in [-0.3, -0.25) is 4.31 Å². The van der Waals surface area contributed by atoms with Gasteiger partial charge in [0.2, 0.25) is 0 Å². The fourth-order valence-corrected chi connectivity index (χ4v) is 7.31. The van der Waals surface area contributed by atoms with Crippen molar-refractivity contribution in [1.82, 2.24) is 19.1 Å². The van der Waals surface area contributed by atoms with Gasteiger partial charge in [0.1, 0.15) is 36.0 Å². The third kappa shape index (κ3) is 4.09. The number of aromatic nitrogens is 1. The molecule has 3 aliphatic heterocycles. The predicted octanol–water partition coefficient (Wildman–Crippen LogP) is 1.87. The Balaban J connectivity index is 1.51. The van der Waals surface area contributed by atoms with E-state index >= 15 is 0 Å². The van der Waals surface area contributed by atoms with Crippen LogP contribution < -0.4 is 5.73 Å². The van der Waals surface area contributed by atoms with Gasteiger partial charge in [0.15, 0.2) is 15.7 Å². The lowest BCUT2D eigenvalue weighted by Crippen LogP contribution is -2.65. The van der Waals surface area contributed by atoms with E-state index in [1.54, 1.807) is 22.6 Å². The second kappa shape index (κ2) is 9.67. The summed E-state index contributed by atoms with van der Waals surface area (Å²) in [6.07, 6.45) is -0.838. The van der Waals surface area contributed by atoms with Crippen LogP contribution in [0.2, 0.25) is 0 Å². The van der Waals surface area contributed by atoms with Crippen molar-refractivity contribution >= 4 is 51.4 Å². The molecule has 0 amide bonds. The minimum Gasteiger partial charge on any atom is -0.394 e. The number of ether oxygens (including phenoxy) is 1. The van der Waals surface area contributed by atoms with Crippen LogP contribution in [0.25, 0.3) is 10.2 Å². The van der Waals surface area contributed by atoms with Gasteiger partial charge in [-0.2, -0.15) is 0 Å². The molecule has 2 unspecified atom stereocenters. The first-order chi connectivity index (χ1) is 16.8. The number of halogens is 1. The number of alkyl halides is 1. The van der Waals surface area contributed by atoms with E-state index in [9.17, 15) is 15.3 Å². The summed E-state index contributed by atoms with van der Waals surface area (Å²) in [5.41, 5.74) is 8.19. The maximum Gasteiger partial charge on any atom is 0.184 e. The molecule has 0 aliphatic carbocycles. The number of aliphatic hydroxyl groups excluding tert-OH is 3. The molecule has 13 heteroatoms. The van der Waals surface area contributed by atoms with Gasteiger partial charge in [-0.1, -0.05) is 37.1 Å². The Hall–Kier alpha value is -1.64. The van der Waals surface area contributed by atoms with Gasteiger partial charge >= 0.3 is 0 Å². The third-order valence-electron chi connectivity index (χ3n) is 6.66. The number of likely N-dealkylation sites (N-methyl/N-ethyl adjacent to an activating group) is 1. The number of fused-ring (bicyclic) bond motifs is 2. The fraction of sp³-hybridized carbons (Fsp3) is 0.545. The van der Waals surface area contributed by atoms with E-state index in [1.807, 2.05) is 40.5 Å². The molecule has 10 nitrogen and oxygen atoms in total. The number of nitrogens with zero attached hydrogens (tertiary/aromatic N) is 5. The Morgan fingerprint density at radius 1 is 1.29 bits per heavy atom. The molecule has 0 bridgehead atoms. The summed E-state index contributed by atoms with van der Waals surface area (Å²) in [5, 5.41) is 29.4. The van der Waals surface area contributed by atoms with E-state index in [4.69, 9.17) is 27.1 Å². The molecule has 6 atom stereocenters. The molecular weight excluding hydrogens is 512 g/mol. The van der Waals surface area contributed by atoms with Crippen molar-refractivity contribution in [3.63, 3.8) is 0 Å². The second-order valence-corrected chi connectivity index (χ2v) is 11.7. The van der Waals surface area contributed by atoms with E-state index < -0.39 is 42.4 Å². The van der Waals surface area contributed by atoms with Crippen molar-refractivity contribution in [2.45, 2.75) is 66.4 Å². The normalized spacial score (nSPS) is 33.4. The summed E-state index contributed by atoms with van der Waals surface area (Å²) >= 11 is 10.3. The number of rotatable bonds is 7. The minimum absolute atomic E-state index is 0.397. The number of thiazole rings is 1. The van der Waals surface area contributed by atoms with E-state index in [-0.39, 0.29) is 0 Å². The van der Waals surface area contributed by atoms with Crippen LogP contribution in [0.5, 0.6) is 0 Å². The molecule has 1 aromatic heterocycles. The van der Waals surface area contributed by atoms with Gasteiger partial charge in [0.25, 0.3) is 0 Å². The van der Waals surface area contributed by atoms with Crippen LogP contribution in [0.15, 0.2) is 45.1 Å². The molecule has 35 heavy (non-hydrogen) atoms. The highest BCUT2D eigenvalue weighted by Crippen LogP contribution is 2.49. The standard InChI is InChI=1S/C22H29ClN6O4S2/c1-3-4-9-22(23)27(2)19-15(25-11-28(19)20-17(32)16(31)13(10-30)33-20)18(24)29(22)35-21-26-12-7-5-6-8-14(12)34-21/h5-8,11,13,16-17,19-20,30-32H,3-4,9-10,24H2,1-2H3/t13-,16-,17-,19?,20-,22?/m1/s1.